The van der Waals surface area contributed by atoms with Crippen LogP contribution in [0.4, 0.5) is 0 Å². The molecule has 0 aromatic heterocycles. The van der Waals surface area contributed by atoms with Crippen LogP contribution in [0.15, 0.2) is 0 Å². The molecular weight excluding hydrogens is 190 g/mol. The van der Waals surface area contributed by atoms with Crippen LogP contribution in [0, 0.1) is 5.92 Å². The molecule has 0 aromatic carbocycles. The summed E-state index contributed by atoms with van der Waals surface area (Å²) in [5.74, 6) is 0.890. The van der Waals surface area contributed by atoms with Gasteiger partial charge in [0.15, 0.2) is 6.29 Å². The quantitative estimate of drug-likeness (QED) is 0.708. The largest absolute Gasteiger partial charge is 0.353 e. The Kier molecular flexibility index (Phi) is 4.90. The highest BCUT2D eigenvalue weighted by Crippen LogP contribution is 2.16. The first-order chi connectivity index (χ1) is 7.45. The smallest absolute Gasteiger partial charge is 0.157 e. The topological polar surface area (TPSA) is 30.5 Å². The molecule has 0 saturated carbocycles. The molecule has 2 saturated heterocycles. The van der Waals surface area contributed by atoms with E-state index in [2.05, 4.69) is 5.32 Å². The van der Waals surface area contributed by atoms with Crippen LogP contribution in [0.2, 0.25) is 0 Å². The average molecular weight is 213 g/mol. The number of ether oxygens (including phenoxy) is 2. The lowest BCUT2D eigenvalue weighted by atomic mass is 10.0. The van der Waals surface area contributed by atoms with Gasteiger partial charge in [-0.05, 0) is 57.5 Å². The molecule has 88 valence electrons. The van der Waals surface area contributed by atoms with Crippen molar-refractivity contribution in [3.63, 3.8) is 0 Å². The number of nitrogens with one attached hydrogen (secondary N) is 1. The summed E-state index contributed by atoms with van der Waals surface area (Å²) in [5, 5.41) is 3.40. The second-order valence-corrected chi connectivity index (χ2v) is 4.67. The van der Waals surface area contributed by atoms with Gasteiger partial charge in [0.1, 0.15) is 0 Å². The van der Waals surface area contributed by atoms with Crippen molar-refractivity contribution in [1.82, 2.24) is 5.32 Å². The SMILES string of the molecule is C1CCC(OCCCC2CCNC2)OC1. The fraction of sp³-hybridized carbons (Fsp3) is 1.00. The van der Waals surface area contributed by atoms with Crippen LogP contribution < -0.4 is 5.32 Å². The Labute approximate surface area is 92.5 Å². The van der Waals surface area contributed by atoms with Crippen LogP contribution in [0.25, 0.3) is 0 Å². The van der Waals surface area contributed by atoms with Crippen LogP contribution in [-0.2, 0) is 9.47 Å². The normalized spacial score (nSPS) is 32.0. The first-order valence-electron chi connectivity index (χ1n) is 6.39. The van der Waals surface area contributed by atoms with Crippen molar-refractivity contribution in [2.24, 2.45) is 5.92 Å². The van der Waals surface area contributed by atoms with E-state index >= 15 is 0 Å². The van der Waals surface area contributed by atoms with Crippen molar-refractivity contribution in [2.75, 3.05) is 26.3 Å². The Balaban J connectivity index is 1.47. The Morgan fingerprint density at radius 2 is 2.27 bits per heavy atom. The molecule has 3 heteroatoms. The summed E-state index contributed by atoms with van der Waals surface area (Å²) in [7, 11) is 0. The zero-order chi connectivity index (χ0) is 10.3. The van der Waals surface area contributed by atoms with Gasteiger partial charge >= 0.3 is 0 Å². The maximum Gasteiger partial charge on any atom is 0.157 e. The van der Waals surface area contributed by atoms with Gasteiger partial charge in [-0.1, -0.05) is 0 Å². The molecule has 0 radical (unpaired) electrons. The lowest BCUT2D eigenvalue weighted by Crippen LogP contribution is -2.22. The Bertz CT molecular complexity index is 163. The number of hydrogen-bond donors (Lipinski definition) is 1. The van der Waals surface area contributed by atoms with Crippen LogP contribution >= 0.6 is 0 Å². The second kappa shape index (κ2) is 6.46. The molecule has 2 fully saturated rings. The Morgan fingerprint density at radius 3 is 3.00 bits per heavy atom. The third-order valence-corrected chi connectivity index (χ3v) is 3.36. The van der Waals surface area contributed by atoms with Crippen molar-refractivity contribution < 1.29 is 9.47 Å². The molecule has 2 rings (SSSR count). The molecule has 2 aliphatic heterocycles. The van der Waals surface area contributed by atoms with Gasteiger partial charge in [-0.3, -0.25) is 0 Å². The Hall–Kier alpha value is -0.120. The van der Waals surface area contributed by atoms with Crippen molar-refractivity contribution in [2.45, 2.75) is 44.8 Å². The molecule has 2 unspecified atom stereocenters. The highest BCUT2D eigenvalue weighted by molar-refractivity contribution is 4.70. The summed E-state index contributed by atoms with van der Waals surface area (Å²) in [4.78, 5) is 0. The van der Waals surface area contributed by atoms with E-state index in [1.807, 2.05) is 0 Å². The predicted octanol–water partition coefficient (Wildman–Crippen LogP) is 1.92. The average Bonchev–Trinajstić information content (AvgIpc) is 2.79. The molecule has 2 atom stereocenters. The van der Waals surface area contributed by atoms with Crippen LogP contribution in [0.3, 0.4) is 0 Å². The van der Waals surface area contributed by atoms with Crippen LogP contribution in [0.1, 0.15) is 38.5 Å². The second-order valence-electron chi connectivity index (χ2n) is 4.67. The molecule has 3 nitrogen and oxygen atoms in total. The summed E-state index contributed by atoms with van der Waals surface area (Å²) in [6.07, 6.45) is 7.49. The van der Waals surface area contributed by atoms with Gasteiger partial charge in [0, 0.05) is 13.2 Å². The third-order valence-electron chi connectivity index (χ3n) is 3.36. The van der Waals surface area contributed by atoms with Gasteiger partial charge < -0.3 is 14.8 Å². The highest BCUT2D eigenvalue weighted by Gasteiger charge is 2.16. The van der Waals surface area contributed by atoms with Gasteiger partial charge in [0.25, 0.3) is 0 Å². The van der Waals surface area contributed by atoms with E-state index in [4.69, 9.17) is 9.47 Å². The molecule has 0 aromatic rings. The summed E-state index contributed by atoms with van der Waals surface area (Å²) >= 11 is 0. The van der Waals surface area contributed by atoms with Crippen LogP contribution in [-0.4, -0.2) is 32.6 Å². The zero-order valence-corrected chi connectivity index (χ0v) is 9.54. The lowest BCUT2D eigenvalue weighted by molar-refractivity contribution is -0.163. The molecular formula is C12H23NO2. The summed E-state index contributed by atoms with van der Waals surface area (Å²) < 4.78 is 11.2. The van der Waals surface area contributed by atoms with Crippen molar-refractivity contribution in [3.8, 4) is 0 Å². The van der Waals surface area contributed by atoms with Gasteiger partial charge in [0.2, 0.25) is 0 Å². The fourth-order valence-corrected chi connectivity index (χ4v) is 2.39. The highest BCUT2D eigenvalue weighted by atomic mass is 16.7. The van der Waals surface area contributed by atoms with E-state index in [0.717, 1.165) is 25.6 Å². The number of hydrogen-bond acceptors (Lipinski definition) is 3. The van der Waals surface area contributed by atoms with Gasteiger partial charge in [0.05, 0.1) is 0 Å². The lowest BCUT2D eigenvalue weighted by Gasteiger charge is -2.22. The summed E-state index contributed by atoms with van der Waals surface area (Å²) in [6, 6.07) is 0. The molecule has 2 heterocycles. The molecule has 0 aliphatic carbocycles. The van der Waals surface area contributed by atoms with Gasteiger partial charge in [-0.2, -0.15) is 0 Å². The molecule has 0 spiro atoms. The van der Waals surface area contributed by atoms with Crippen LogP contribution in [0.5, 0.6) is 0 Å². The van der Waals surface area contributed by atoms with E-state index in [-0.39, 0.29) is 6.29 Å². The fourth-order valence-electron chi connectivity index (χ4n) is 2.39. The van der Waals surface area contributed by atoms with E-state index in [9.17, 15) is 0 Å². The van der Waals surface area contributed by atoms with Crippen molar-refractivity contribution in [1.29, 1.82) is 0 Å². The first-order valence-corrected chi connectivity index (χ1v) is 6.39. The molecule has 1 N–H and O–H groups in total. The standard InChI is InChI=1S/C12H23NO2/c1-2-8-14-12(5-1)15-9-3-4-11-6-7-13-10-11/h11-13H,1-10H2. The maximum atomic E-state index is 5.70. The van der Waals surface area contributed by atoms with Gasteiger partial charge in [-0.15, -0.1) is 0 Å². The van der Waals surface area contributed by atoms with Gasteiger partial charge in [-0.25, -0.2) is 0 Å². The Morgan fingerprint density at radius 1 is 1.27 bits per heavy atom. The molecule has 15 heavy (non-hydrogen) atoms. The van der Waals surface area contributed by atoms with E-state index in [1.165, 1.54) is 45.2 Å². The van der Waals surface area contributed by atoms with E-state index < -0.39 is 0 Å². The third kappa shape index (κ3) is 4.09. The molecule has 2 aliphatic rings. The first kappa shape index (κ1) is 11.4. The minimum atomic E-state index is 0.0976. The maximum absolute atomic E-state index is 5.70. The molecule has 0 amide bonds. The van der Waals surface area contributed by atoms with Crippen molar-refractivity contribution in [3.05, 3.63) is 0 Å². The molecule has 0 bridgehead atoms. The predicted molar refractivity (Wildman–Crippen MR) is 59.8 cm³/mol. The zero-order valence-electron chi connectivity index (χ0n) is 9.54. The van der Waals surface area contributed by atoms with Crippen molar-refractivity contribution >= 4 is 0 Å². The minimum absolute atomic E-state index is 0.0976. The monoisotopic (exact) mass is 213 g/mol. The summed E-state index contributed by atoms with van der Waals surface area (Å²) in [6.45, 7) is 4.18. The van der Waals surface area contributed by atoms with E-state index in [1.54, 1.807) is 0 Å². The number of rotatable bonds is 5. The summed E-state index contributed by atoms with van der Waals surface area (Å²) in [5.41, 5.74) is 0. The minimum Gasteiger partial charge on any atom is -0.353 e. The van der Waals surface area contributed by atoms with E-state index in [0.29, 0.717) is 0 Å².